The van der Waals surface area contributed by atoms with Crippen molar-refractivity contribution in [2.24, 2.45) is 0 Å². The highest BCUT2D eigenvalue weighted by molar-refractivity contribution is 6.30. The number of amides is 1. The highest BCUT2D eigenvalue weighted by Gasteiger charge is 2.40. The number of halogens is 1. The zero-order chi connectivity index (χ0) is 13.3. The van der Waals surface area contributed by atoms with Crippen LogP contribution in [0.3, 0.4) is 0 Å². The molecule has 2 rings (SSSR count). The molecule has 0 bridgehead atoms. The molecule has 18 heavy (non-hydrogen) atoms. The van der Waals surface area contributed by atoms with Gasteiger partial charge in [0.05, 0.1) is 11.2 Å². The van der Waals surface area contributed by atoms with E-state index < -0.39 is 5.54 Å². The third-order valence-corrected chi connectivity index (χ3v) is 3.73. The van der Waals surface area contributed by atoms with Gasteiger partial charge in [-0.15, -0.1) is 0 Å². The third-order valence-electron chi connectivity index (χ3n) is 3.50. The lowest BCUT2D eigenvalue weighted by Gasteiger charge is -2.44. The maximum absolute atomic E-state index is 12.2. The second-order valence-corrected chi connectivity index (χ2v) is 5.61. The lowest BCUT2D eigenvalue weighted by molar-refractivity contribution is -0.147. The molecule has 1 aromatic heterocycles. The number of hydrogen-bond acceptors (Lipinski definition) is 3. The Morgan fingerprint density at radius 3 is 2.83 bits per heavy atom. The van der Waals surface area contributed by atoms with Crippen molar-refractivity contribution < 1.29 is 4.79 Å². The standard InChI is InChI=1S/C13H18ClN3O/c1-13(2)12(18)16(3)6-7-17(13)9-11-8-10(14)4-5-15-11/h4-5,8H,6-7,9H2,1-3H3. The van der Waals surface area contributed by atoms with Crippen molar-refractivity contribution >= 4 is 17.5 Å². The third kappa shape index (κ3) is 2.49. The Kier molecular flexibility index (Phi) is 3.59. The number of carbonyl (C=O) groups excluding carboxylic acids is 1. The molecule has 0 saturated carbocycles. The van der Waals surface area contributed by atoms with Crippen LogP contribution in [0.5, 0.6) is 0 Å². The maximum atomic E-state index is 12.2. The van der Waals surface area contributed by atoms with E-state index in [0.29, 0.717) is 11.6 Å². The van der Waals surface area contributed by atoms with E-state index in [9.17, 15) is 4.79 Å². The summed E-state index contributed by atoms with van der Waals surface area (Å²) in [6.07, 6.45) is 1.70. The Hall–Kier alpha value is -1.13. The van der Waals surface area contributed by atoms with Gasteiger partial charge in [-0.1, -0.05) is 11.6 Å². The van der Waals surface area contributed by atoms with Gasteiger partial charge in [0.1, 0.15) is 0 Å². The van der Waals surface area contributed by atoms with E-state index in [1.807, 2.05) is 27.0 Å². The Bertz CT molecular complexity index is 461. The molecule has 0 aromatic carbocycles. The predicted octanol–water partition coefficient (Wildman–Crippen LogP) is 1.79. The SMILES string of the molecule is CN1CCN(Cc2cc(Cl)ccn2)C(C)(C)C1=O. The molecule has 1 amide bonds. The molecule has 2 heterocycles. The fraction of sp³-hybridized carbons (Fsp3) is 0.538. The summed E-state index contributed by atoms with van der Waals surface area (Å²) in [5.74, 6) is 0.149. The van der Waals surface area contributed by atoms with E-state index in [1.54, 1.807) is 17.2 Å². The number of carbonyl (C=O) groups is 1. The summed E-state index contributed by atoms with van der Waals surface area (Å²) in [6.45, 7) is 6.16. The van der Waals surface area contributed by atoms with E-state index in [2.05, 4.69) is 9.88 Å². The van der Waals surface area contributed by atoms with Gasteiger partial charge in [-0.25, -0.2) is 0 Å². The smallest absolute Gasteiger partial charge is 0.242 e. The lowest BCUT2D eigenvalue weighted by Crippen LogP contribution is -2.61. The van der Waals surface area contributed by atoms with Crippen LogP contribution in [0.15, 0.2) is 18.3 Å². The summed E-state index contributed by atoms with van der Waals surface area (Å²) in [5, 5.41) is 0.679. The summed E-state index contributed by atoms with van der Waals surface area (Å²) >= 11 is 5.95. The van der Waals surface area contributed by atoms with Crippen molar-refractivity contribution in [1.82, 2.24) is 14.8 Å². The number of nitrogens with zero attached hydrogens (tertiary/aromatic N) is 3. The second kappa shape index (κ2) is 4.86. The Morgan fingerprint density at radius 1 is 1.44 bits per heavy atom. The van der Waals surface area contributed by atoms with Gasteiger partial charge < -0.3 is 4.90 Å². The fourth-order valence-corrected chi connectivity index (χ4v) is 2.44. The van der Waals surface area contributed by atoms with Gasteiger partial charge in [-0.3, -0.25) is 14.7 Å². The first kappa shape index (κ1) is 13.3. The molecule has 98 valence electrons. The van der Waals surface area contributed by atoms with Crippen LogP contribution in [0.25, 0.3) is 0 Å². The van der Waals surface area contributed by atoms with Crippen LogP contribution in [0.2, 0.25) is 5.02 Å². The molecule has 0 spiro atoms. The molecule has 1 aliphatic rings. The summed E-state index contributed by atoms with van der Waals surface area (Å²) in [6, 6.07) is 3.60. The Labute approximate surface area is 113 Å². The minimum absolute atomic E-state index is 0.149. The Morgan fingerprint density at radius 2 is 2.17 bits per heavy atom. The highest BCUT2D eigenvalue weighted by atomic mass is 35.5. The van der Waals surface area contributed by atoms with Crippen LogP contribution in [0, 0.1) is 0 Å². The number of pyridine rings is 1. The van der Waals surface area contributed by atoms with Crippen LogP contribution >= 0.6 is 11.6 Å². The maximum Gasteiger partial charge on any atom is 0.242 e. The minimum Gasteiger partial charge on any atom is -0.343 e. The summed E-state index contributed by atoms with van der Waals surface area (Å²) in [4.78, 5) is 20.4. The number of aromatic nitrogens is 1. The lowest BCUT2D eigenvalue weighted by atomic mass is 9.97. The van der Waals surface area contributed by atoms with Gasteiger partial charge in [0.2, 0.25) is 5.91 Å². The first-order chi connectivity index (χ1) is 8.41. The molecular weight excluding hydrogens is 250 g/mol. The molecule has 4 nitrogen and oxygen atoms in total. The van der Waals surface area contributed by atoms with Crippen LogP contribution < -0.4 is 0 Å². The van der Waals surface area contributed by atoms with Crippen molar-refractivity contribution in [2.45, 2.75) is 25.9 Å². The number of likely N-dealkylation sites (N-methyl/N-ethyl adjacent to an activating group) is 1. The van der Waals surface area contributed by atoms with E-state index >= 15 is 0 Å². The van der Waals surface area contributed by atoms with Gasteiger partial charge in [-0.2, -0.15) is 0 Å². The molecule has 0 atom stereocenters. The van der Waals surface area contributed by atoms with Crippen LogP contribution in [-0.4, -0.2) is 46.4 Å². The molecule has 0 aliphatic carbocycles. The zero-order valence-electron chi connectivity index (χ0n) is 11.0. The van der Waals surface area contributed by atoms with Crippen molar-refractivity contribution in [3.05, 3.63) is 29.0 Å². The molecule has 1 aliphatic heterocycles. The van der Waals surface area contributed by atoms with E-state index in [-0.39, 0.29) is 5.91 Å². The largest absolute Gasteiger partial charge is 0.343 e. The monoisotopic (exact) mass is 267 g/mol. The number of piperazine rings is 1. The topological polar surface area (TPSA) is 36.4 Å². The highest BCUT2D eigenvalue weighted by Crippen LogP contribution is 2.23. The summed E-state index contributed by atoms with van der Waals surface area (Å²) in [7, 11) is 1.85. The quantitative estimate of drug-likeness (QED) is 0.820. The minimum atomic E-state index is -0.489. The van der Waals surface area contributed by atoms with Gasteiger partial charge >= 0.3 is 0 Å². The first-order valence-corrected chi connectivity index (χ1v) is 6.40. The van der Waals surface area contributed by atoms with Crippen LogP contribution in [0.1, 0.15) is 19.5 Å². The van der Waals surface area contributed by atoms with E-state index in [0.717, 1.165) is 18.8 Å². The molecule has 1 aromatic rings. The molecule has 1 saturated heterocycles. The average molecular weight is 268 g/mol. The van der Waals surface area contributed by atoms with Gasteiger partial charge in [0.25, 0.3) is 0 Å². The molecule has 1 fully saturated rings. The van der Waals surface area contributed by atoms with Gasteiger partial charge in [0.15, 0.2) is 0 Å². The molecule has 5 heteroatoms. The number of rotatable bonds is 2. The zero-order valence-corrected chi connectivity index (χ0v) is 11.7. The normalized spacial score (nSPS) is 20.2. The molecule has 0 radical (unpaired) electrons. The molecule has 0 N–H and O–H groups in total. The number of hydrogen-bond donors (Lipinski definition) is 0. The van der Waals surface area contributed by atoms with Crippen LogP contribution in [0.4, 0.5) is 0 Å². The van der Waals surface area contributed by atoms with E-state index in [4.69, 9.17) is 11.6 Å². The van der Waals surface area contributed by atoms with Crippen molar-refractivity contribution in [2.75, 3.05) is 20.1 Å². The Balaban J connectivity index is 2.16. The van der Waals surface area contributed by atoms with Crippen molar-refractivity contribution in [3.8, 4) is 0 Å². The van der Waals surface area contributed by atoms with Gasteiger partial charge in [-0.05, 0) is 26.0 Å². The fourth-order valence-electron chi connectivity index (χ4n) is 2.26. The van der Waals surface area contributed by atoms with E-state index in [1.165, 1.54) is 0 Å². The summed E-state index contributed by atoms with van der Waals surface area (Å²) in [5.41, 5.74) is 0.407. The van der Waals surface area contributed by atoms with Crippen LogP contribution in [-0.2, 0) is 11.3 Å². The van der Waals surface area contributed by atoms with Crippen molar-refractivity contribution in [1.29, 1.82) is 0 Å². The molecule has 0 unspecified atom stereocenters. The predicted molar refractivity (Wildman–Crippen MR) is 71.4 cm³/mol. The van der Waals surface area contributed by atoms with Gasteiger partial charge in [0, 0.05) is 37.9 Å². The average Bonchev–Trinajstić information content (AvgIpc) is 2.31. The molecular formula is C13H18ClN3O. The summed E-state index contributed by atoms with van der Waals surface area (Å²) < 4.78 is 0. The first-order valence-electron chi connectivity index (χ1n) is 6.02. The second-order valence-electron chi connectivity index (χ2n) is 5.17. The van der Waals surface area contributed by atoms with Crippen molar-refractivity contribution in [3.63, 3.8) is 0 Å².